The number of anilines is 1. The van der Waals surface area contributed by atoms with Crippen LogP contribution in [0.1, 0.15) is 43.4 Å². The quantitative estimate of drug-likeness (QED) is 0.699. The molecule has 2 aromatic carbocycles. The van der Waals surface area contributed by atoms with Crippen LogP contribution in [0.15, 0.2) is 59.5 Å². The molecule has 0 saturated carbocycles. The average molecular weight is 385 g/mol. The van der Waals surface area contributed by atoms with E-state index in [0.717, 1.165) is 23.2 Å². The van der Waals surface area contributed by atoms with Crippen LogP contribution in [0.5, 0.6) is 5.75 Å². The minimum atomic E-state index is -3.52. The highest BCUT2D eigenvalue weighted by Gasteiger charge is 2.38. The third-order valence-electron chi connectivity index (χ3n) is 5.29. The summed E-state index contributed by atoms with van der Waals surface area (Å²) in [7, 11) is -3.52. The van der Waals surface area contributed by atoms with Crippen molar-refractivity contribution in [3.8, 4) is 5.75 Å². The van der Waals surface area contributed by atoms with Crippen LogP contribution in [0.25, 0.3) is 0 Å². The second-order valence-corrected chi connectivity index (χ2v) is 9.31. The Bertz CT molecular complexity index is 981. The van der Waals surface area contributed by atoms with E-state index in [0.29, 0.717) is 10.8 Å². The molecule has 4 rings (SSSR count). The van der Waals surface area contributed by atoms with E-state index >= 15 is 0 Å². The molecule has 2 aliphatic rings. The Kier molecular flexibility index (Phi) is 4.48. The van der Waals surface area contributed by atoms with Gasteiger partial charge in [0.2, 0.25) is 10.0 Å². The first-order chi connectivity index (χ1) is 12.8. The molecule has 0 fully saturated rings. The van der Waals surface area contributed by atoms with Gasteiger partial charge in [0.15, 0.2) is 0 Å². The van der Waals surface area contributed by atoms with Gasteiger partial charge in [0.05, 0.1) is 10.9 Å². The van der Waals surface area contributed by atoms with E-state index in [1.807, 2.05) is 32.0 Å². The van der Waals surface area contributed by atoms with Crippen LogP contribution in [-0.2, 0) is 10.0 Å². The summed E-state index contributed by atoms with van der Waals surface area (Å²) in [6.07, 6.45) is 5.29. The maximum absolute atomic E-state index is 12.6. The van der Waals surface area contributed by atoms with Crippen molar-refractivity contribution in [3.05, 3.63) is 65.7 Å². The van der Waals surface area contributed by atoms with Crippen LogP contribution in [0.2, 0.25) is 0 Å². The fourth-order valence-electron chi connectivity index (χ4n) is 4.13. The zero-order valence-electron chi connectivity index (χ0n) is 15.4. The number of rotatable bonds is 4. The number of hydrogen-bond donors (Lipinski definition) is 3. The molecule has 1 heterocycles. The first-order valence-electron chi connectivity index (χ1n) is 9.23. The summed E-state index contributed by atoms with van der Waals surface area (Å²) < 4.78 is 27.8. The molecule has 3 N–H and O–H groups in total. The van der Waals surface area contributed by atoms with Crippen molar-refractivity contribution in [2.75, 3.05) is 5.32 Å². The predicted molar refractivity (Wildman–Crippen MR) is 106 cm³/mol. The molecule has 1 aliphatic heterocycles. The second-order valence-electron chi connectivity index (χ2n) is 7.59. The highest BCUT2D eigenvalue weighted by atomic mass is 32.2. The summed E-state index contributed by atoms with van der Waals surface area (Å²) in [5.41, 5.74) is 3.11. The molecule has 5 nitrogen and oxygen atoms in total. The Labute approximate surface area is 160 Å². The molecule has 27 heavy (non-hydrogen) atoms. The fourth-order valence-corrected chi connectivity index (χ4v) is 5.42. The lowest BCUT2D eigenvalue weighted by Gasteiger charge is -2.37. The number of allylic oxidation sites excluding steroid dienone is 2. The fraction of sp³-hybridized carbons (Fsp3) is 0.333. The molecule has 0 spiro atoms. The number of phenolic OH excluding ortho intramolecular Hbond substituents is 1. The van der Waals surface area contributed by atoms with Crippen LogP contribution in [0.4, 0.5) is 5.69 Å². The van der Waals surface area contributed by atoms with Gasteiger partial charge >= 0.3 is 0 Å². The van der Waals surface area contributed by atoms with Crippen molar-refractivity contribution < 1.29 is 13.5 Å². The minimum Gasteiger partial charge on any atom is -0.508 e. The first-order valence-corrected chi connectivity index (χ1v) is 10.7. The summed E-state index contributed by atoms with van der Waals surface area (Å²) in [6.45, 7) is 3.63. The number of phenols is 1. The number of fused-ring (bicyclic) bond motifs is 3. The van der Waals surface area contributed by atoms with Gasteiger partial charge in [0.25, 0.3) is 0 Å². The van der Waals surface area contributed by atoms with Crippen LogP contribution in [0, 0.1) is 5.92 Å². The number of hydrogen-bond acceptors (Lipinski definition) is 4. The Balaban J connectivity index is 1.73. The molecule has 3 atom stereocenters. The third-order valence-corrected chi connectivity index (χ3v) is 6.94. The SMILES string of the molecule is CC(C)NS(=O)(=O)c1ccc2c(c1)C1C=CCC1C(c1ccc(O)cc1)N2. The molecule has 6 heteroatoms. The van der Waals surface area contributed by atoms with Gasteiger partial charge in [-0.05, 0) is 67.6 Å². The van der Waals surface area contributed by atoms with Crippen molar-refractivity contribution in [3.63, 3.8) is 0 Å². The van der Waals surface area contributed by atoms with Crippen molar-refractivity contribution in [1.82, 2.24) is 4.72 Å². The molecule has 0 amide bonds. The zero-order valence-corrected chi connectivity index (χ0v) is 16.2. The molecule has 0 radical (unpaired) electrons. The van der Waals surface area contributed by atoms with Crippen molar-refractivity contribution in [1.29, 1.82) is 0 Å². The van der Waals surface area contributed by atoms with Gasteiger partial charge in [-0.25, -0.2) is 13.1 Å². The zero-order chi connectivity index (χ0) is 19.2. The summed E-state index contributed by atoms with van der Waals surface area (Å²) in [4.78, 5) is 0.305. The lowest BCUT2D eigenvalue weighted by atomic mass is 9.77. The van der Waals surface area contributed by atoms with Gasteiger partial charge in [-0.3, -0.25) is 0 Å². The van der Waals surface area contributed by atoms with E-state index < -0.39 is 10.0 Å². The largest absolute Gasteiger partial charge is 0.508 e. The van der Waals surface area contributed by atoms with E-state index in [9.17, 15) is 13.5 Å². The van der Waals surface area contributed by atoms with E-state index in [4.69, 9.17) is 0 Å². The number of benzene rings is 2. The van der Waals surface area contributed by atoms with Crippen molar-refractivity contribution in [2.45, 2.75) is 43.2 Å². The maximum Gasteiger partial charge on any atom is 0.240 e. The van der Waals surface area contributed by atoms with Crippen LogP contribution >= 0.6 is 0 Å². The Hall–Kier alpha value is -2.31. The number of nitrogens with one attached hydrogen (secondary N) is 2. The Morgan fingerprint density at radius 2 is 1.89 bits per heavy atom. The molecule has 142 valence electrons. The standard InChI is InChI=1S/C21H24N2O3S/c1-13(2)23-27(25,26)16-10-11-20-19(12-16)17-4-3-5-18(17)21(22-20)14-6-8-15(24)9-7-14/h3-4,6-13,17-18,21-24H,5H2,1-2H3. The lowest BCUT2D eigenvalue weighted by Crippen LogP contribution is -2.31. The molecule has 0 aromatic heterocycles. The first kappa shape index (κ1) is 18.1. The summed E-state index contributed by atoms with van der Waals surface area (Å²) in [5.74, 6) is 0.746. The average Bonchev–Trinajstić information content (AvgIpc) is 3.10. The van der Waals surface area contributed by atoms with Gasteiger partial charge in [0, 0.05) is 17.6 Å². The maximum atomic E-state index is 12.6. The molecule has 2 aromatic rings. The molecule has 0 bridgehead atoms. The van der Waals surface area contributed by atoms with Crippen LogP contribution in [0.3, 0.4) is 0 Å². The smallest absolute Gasteiger partial charge is 0.240 e. The highest BCUT2D eigenvalue weighted by Crippen LogP contribution is 2.50. The summed E-state index contributed by atoms with van der Waals surface area (Å²) >= 11 is 0. The molecule has 0 saturated heterocycles. The number of aromatic hydroxyl groups is 1. The van der Waals surface area contributed by atoms with E-state index in [2.05, 4.69) is 22.2 Å². The van der Waals surface area contributed by atoms with Crippen LogP contribution in [-0.4, -0.2) is 19.6 Å². The third kappa shape index (κ3) is 3.35. The Morgan fingerprint density at radius 3 is 2.59 bits per heavy atom. The van der Waals surface area contributed by atoms with Crippen molar-refractivity contribution >= 4 is 15.7 Å². The minimum absolute atomic E-state index is 0.120. The normalized spacial score (nSPS) is 23.7. The van der Waals surface area contributed by atoms with Gasteiger partial charge in [-0.15, -0.1) is 0 Å². The summed E-state index contributed by atoms with van der Waals surface area (Å²) in [5, 5.41) is 13.2. The van der Waals surface area contributed by atoms with E-state index in [1.165, 1.54) is 0 Å². The lowest BCUT2D eigenvalue weighted by molar-refractivity contribution is 0.424. The van der Waals surface area contributed by atoms with Crippen molar-refractivity contribution in [2.24, 2.45) is 5.92 Å². The monoisotopic (exact) mass is 384 g/mol. The summed E-state index contributed by atoms with van der Waals surface area (Å²) in [6, 6.07) is 12.6. The molecule has 3 unspecified atom stereocenters. The molecular formula is C21H24N2O3S. The highest BCUT2D eigenvalue weighted by molar-refractivity contribution is 7.89. The van der Waals surface area contributed by atoms with Gasteiger partial charge < -0.3 is 10.4 Å². The predicted octanol–water partition coefficient (Wildman–Crippen LogP) is 3.91. The van der Waals surface area contributed by atoms with Crippen LogP contribution < -0.4 is 10.0 Å². The van der Waals surface area contributed by atoms with Gasteiger partial charge in [0.1, 0.15) is 5.75 Å². The van der Waals surface area contributed by atoms with Gasteiger partial charge in [-0.1, -0.05) is 24.3 Å². The number of sulfonamides is 1. The van der Waals surface area contributed by atoms with E-state index in [-0.39, 0.29) is 23.8 Å². The molecular weight excluding hydrogens is 360 g/mol. The Morgan fingerprint density at radius 1 is 1.15 bits per heavy atom. The van der Waals surface area contributed by atoms with Gasteiger partial charge in [-0.2, -0.15) is 0 Å². The van der Waals surface area contributed by atoms with E-state index in [1.54, 1.807) is 24.3 Å². The second kappa shape index (κ2) is 6.69. The molecule has 1 aliphatic carbocycles. The topological polar surface area (TPSA) is 78.4 Å².